The van der Waals surface area contributed by atoms with Gasteiger partial charge in [-0.25, -0.2) is 0 Å². The number of carbonyl (C=O) groups is 1. The summed E-state index contributed by atoms with van der Waals surface area (Å²) in [5.74, 6) is 0.168. The summed E-state index contributed by atoms with van der Waals surface area (Å²) in [5, 5.41) is 0. The highest BCUT2D eigenvalue weighted by molar-refractivity contribution is 5.94. The molecule has 1 aromatic rings. The molecule has 0 atom stereocenters. The van der Waals surface area contributed by atoms with Gasteiger partial charge >= 0.3 is 0 Å². The Morgan fingerprint density at radius 1 is 1.08 bits per heavy atom. The van der Waals surface area contributed by atoms with Crippen LogP contribution in [0.25, 0.3) is 0 Å². The molecule has 0 saturated carbocycles. The maximum atomic E-state index is 12.7. The van der Waals surface area contributed by atoms with Gasteiger partial charge in [0.25, 0.3) is 5.91 Å². The molecule has 1 fully saturated rings. The molecule has 4 nitrogen and oxygen atoms in total. The molecule has 1 heterocycles. The Morgan fingerprint density at radius 3 is 2.21 bits per heavy atom. The first-order valence-electron chi connectivity index (χ1n) is 9.45. The van der Waals surface area contributed by atoms with E-state index in [2.05, 4.69) is 49.6 Å². The van der Waals surface area contributed by atoms with Gasteiger partial charge in [0.05, 0.1) is 0 Å². The van der Waals surface area contributed by atoms with Crippen molar-refractivity contribution in [2.24, 2.45) is 0 Å². The molecule has 0 spiro atoms. The number of piperazine rings is 1. The van der Waals surface area contributed by atoms with Crippen LogP contribution in [0.15, 0.2) is 24.3 Å². The van der Waals surface area contributed by atoms with Crippen LogP contribution in [-0.2, 0) is 0 Å². The Bertz CT molecular complexity index is 504. The highest BCUT2D eigenvalue weighted by Crippen LogP contribution is 2.18. The molecular weight excluding hydrogens is 298 g/mol. The zero-order chi connectivity index (χ0) is 17.5. The molecule has 0 bridgehead atoms. The molecule has 1 saturated heterocycles. The van der Waals surface area contributed by atoms with Crippen molar-refractivity contribution >= 4 is 11.6 Å². The Balaban J connectivity index is 1.96. The fraction of sp³-hybridized carbons (Fsp3) is 0.650. The quantitative estimate of drug-likeness (QED) is 0.765. The Labute approximate surface area is 147 Å². The van der Waals surface area contributed by atoms with E-state index >= 15 is 0 Å². The molecule has 0 unspecified atom stereocenters. The van der Waals surface area contributed by atoms with Crippen LogP contribution in [0.4, 0.5) is 5.69 Å². The van der Waals surface area contributed by atoms with Gasteiger partial charge in [0.2, 0.25) is 0 Å². The minimum atomic E-state index is 0.168. The number of rotatable bonds is 7. The molecule has 24 heavy (non-hydrogen) atoms. The van der Waals surface area contributed by atoms with Crippen LogP contribution in [-0.4, -0.2) is 61.0 Å². The highest BCUT2D eigenvalue weighted by Gasteiger charge is 2.23. The van der Waals surface area contributed by atoms with Crippen molar-refractivity contribution in [2.75, 3.05) is 44.2 Å². The number of nitrogens with zero attached hydrogens (tertiary/aromatic N) is 3. The molecule has 0 aliphatic carbocycles. The molecule has 134 valence electrons. The van der Waals surface area contributed by atoms with Gasteiger partial charge in [0.15, 0.2) is 0 Å². The predicted molar refractivity (Wildman–Crippen MR) is 102 cm³/mol. The number of hydrogen-bond acceptors (Lipinski definition) is 3. The van der Waals surface area contributed by atoms with Crippen molar-refractivity contribution in [3.63, 3.8) is 0 Å². The van der Waals surface area contributed by atoms with Crippen molar-refractivity contribution in [1.29, 1.82) is 0 Å². The van der Waals surface area contributed by atoms with Crippen LogP contribution in [0.5, 0.6) is 0 Å². The van der Waals surface area contributed by atoms with E-state index in [-0.39, 0.29) is 5.91 Å². The van der Waals surface area contributed by atoms with Crippen molar-refractivity contribution in [1.82, 2.24) is 9.80 Å². The summed E-state index contributed by atoms with van der Waals surface area (Å²) in [6.07, 6.45) is 2.41. The maximum Gasteiger partial charge on any atom is 0.253 e. The van der Waals surface area contributed by atoms with Crippen molar-refractivity contribution in [2.45, 2.75) is 46.6 Å². The van der Waals surface area contributed by atoms with Crippen LogP contribution in [0, 0.1) is 0 Å². The third kappa shape index (κ3) is 4.73. The van der Waals surface area contributed by atoms with Gasteiger partial charge in [-0.15, -0.1) is 0 Å². The second kappa shape index (κ2) is 9.07. The molecule has 1 aliphatic heterocycles. The van der Waals surface area contributed by atoms with Gasteiger partial charge in [-0.3, -0.25) is 9.69 Å². The van der Waals surface area contributed by atoms with E-state index in [1.807, 2.05) is 17.0 Å². The first kappa shape index (κ1) is 18.8. The van der Waals surface area contributed by atoms with Crippen LogP contribution in [0.2, 0.25) is 0 Å². The minimum Gasteiger partial charge on any atom is -0.372 e. The first-order chi connectivity index (χ1) is 11.6. The fourth-order valence-electron chi connectivity index (χ4n) is 3.26. The standard InChI is InChI=1S/C20H33N3O/c1-5-7-12-21(6-2)19-10-8-18(9-11-19)20(24)23-15-13-22(14-16-23)17(3)4/h8-11,17H,5-7,12-16H2,1-4H3. The van der Waals surface area contributed by atoms with Gasteiger partial charge in [0.1, 0.15) is 0 Å². The minimum absolute atomic E-state index is 0.168. The highest BCUT2D eigenvalue weighted by atomic mass is 16.2. The Kier molecular flexibility index (Phi) is 7.10. The van der Waals surface area contributed by atoms with Crippen LogP contribution < -0.4 is 4.90 Å². The molecule has 0 radical (unpaired) electrons. The normalized spacial score (nSPS) is 15.8. The molecule has 1 amide bonds. The Morgan fingerprint density at radius 2 is 1.71 bits per heavy atom. The van der Waals surface area contributed by atoms with Crippen LogP contribution >= 0.6 is 0 Å². The average molecular weight is 332 g/mol. The van der Waals surface area contributed by atoms with Crippen molar-refractivity contribution < 1.29 is 4.79 Å². The third-order valence-corrected chi connectivity index (χ3v) is 4.97. The summed E-state index contributed by atoms with van der Waals surface area (Å²) in [6, 6.07) is 8.72. The second-order valence-electron chi connectivity index (χ2n) is 6.90. The number of carbonyl (C=O) groups excluding carboxylic acids is 1. The van der Waals surface area contributed by atoms with E-state index in [0.717, 1.165) is 44.8 Å². The van der Waals surface area contributed by atoms with Gasteiger partial charge in [-0.1, -0.05) is 13.3 Å². The van der Waals surface area contributed by atoms with Crippen molar-refractivity contribution in [3.05, 3.63) is 29.8 Å². The molecule has 1 aliphatic rings. The number of anilines is 1. The Hall–Kier alpha value is -1.55. The lowest BCUT2D eigenvalue weighted by molar-refractivity contribution is 0.0595. The van der Waals surface area contributed by atoms with E-state index in [1.54, 1.807) is 0 Å². The zero-order valence-corrected chi connectivity index (χ0v) is 15.8. The fourth-order valence-corrected chi connectivity index (χ4v) is 3.26. The lowest BCUT2D eigenvalue weighted by atomic mass is 10.1. The second-order valence-corrected chi connectivity index (χ2v) is 6.90. The molecule has 1 aromatic carbocycles. The number of benzene rings is 1. The topological polar surface area (TPSA) is 26.8 Å². The predicted octanol–water partition coefficient (Wildman–Crippen LogP) is 3.48. The summed E-state index contributed by atoms with van der Waals surface area (Å²) in [4.78, 5) is 19.5. The molecule has 0 aromatic heterocycles. The summed E-state index contributed by atoms with van der Waals surface area (Å²) in [7, 11) is 0. The van der Waals surface area contributed by atoms with Gasteiger partial charge in [0, 0.05) is 56.6 Å². The van der Waals surface area contributed by atoms with Gasteiger partial charge < -0.3 is 9.80 Å². The van der Waals surface area contributed by atoms with Crippen molar-refractivity contribution in [3.8, 4) is 0 Å². The first-order valence-corrected chi connectivity index (χ1v) is 9.45. The lowest BCUT2D eigenvalue weighted by Crippen LogP contribution is -2.50. The molecule has 4 heteroatoms. The zero-order valence-electron chi connectivity index (χ0n) is 15.8. The smallest absolute Gasteiger partial charge is 0.253 e. The van der Waals surface area contributed by atoms with E-state index in [9.17, 15) is 4.79 Å². The number of amides is 1. The molecular formula is C20H33N3O. The van der Waals surface area contributed by atoms with E-state index < -0.39 is 0 Å². The average Bonchev–Trinajstić information content (AvgIpc) is 2.62. The van der Waals surface area contributed by atoms with E-state index in [4.69, 9.17) is 0 Å². The SMILES string of the molecule is CCCCN(CC)c1ccc(C(=O)N2CCN(C(C)C)CC2)cc1. The molecule has 0 N–H and O–H groups in total. The summed E-state index contributed by atoms with van der Waals surface area (Å²) < 4.78 is 0. The summed E-state index contributed by atoms with van der Waals surface area (Å²) in [6.45, 7) is 14.5. The third-order valence-electron chi connectivity index (χ3n) is 4.97. The number of hydrogen-bond donors (Lipinski definition) is 0. The van der Waals surface area contributed by atoms with Crippen LogP contribution in [0.3, 0.4) is 0 Å². The summed E-state index contributed by atoms with van der Waals surface area (Å²) >= 11 is 0. The summed E-state index contributed by atoms with van der Waals surface area (Å²) in [5.41, 5.74) is 2.02. The van der Waals surface area contributed by atoms with Crippen LogP contribution in [0.1, 0.15) is 50.9 Å². The molecule has 2 rings (SSSR count). The van der Waals surface area contributed by atoms with Gasteiger partial charge in [-0.05, 0) is 51.5 Å². The van der Waals surface area contributed by atoms with E-state index in [1.165, 1.54) is 18.5 Å². The monoisotopic (exact) mass is 331 g/mol. The van der Waals surface area contributed by atoms with Gasteiger partial charge in [-0.2, -0.15) is 0 Å². The van der Waals surface area contributed by atoms with E-state index in [0.29, 0.717) is 6.04 Å². The largest absolute Gasteiger partial charge is 0.372 e. The number of unbranched alkanes of at least 4 members (excludes halogenated alkanes) is 1. The lowest BCUT2D eigenvalue weighted by Gasteiger charge is -2.37. The maximum absolute atomic E-state index is 12.7.